The normalized spacial score (nSPS) is 18.6. The molecular formula is C24H31N7O3. The molecule has 2 aromatic rings. The van der Waals surface area contributed by atoms with Crippen LogP contribution in [0.1, 0.15) is 42.9 Å². The lowest BCUT2D eigenvalue weighted by atomic mass is 9.85. The molecule has 0 spiro atoms. The van der Waals surface area contributed by atoms with Gasteiger partial charge in [-0.15, -0.1) is 0 Å². The number of carbonyl (C=O) groups excluding carboxylic acids is 1. The zero-order valence-electron chi connectivity index (χ0n) is 20.5. The molecule has 34 heavy (non-hydrogen) atoms. The van der Waals surface area contributed by atoms with Crippen LogP contribution in [0, 0.1) is 5.41 Å². The summed E-state index contributed by atoms with van der Waals surface area (Å²) in [6.45, 7) is 6.19. The number of amides is 1. The molecule has 1 atom stereocenters. The number of nitrogens with zero attached hydrogens (tertiary/aromatic N) is 5. The number of benzene rings is 1. The molecule has 1 aromatic carbocycles. The van der Waals surface area contributed by atoms with Gasteiger partial charge in [0.05, 0.1) is 17.5 Å². The van der Waals surface area contributed by atoms with Gasteiger partial charge in [-0.25, -0.2) is 4.99 Å². The first-order valence-electron chi connectivity index (χ1n) is 10.8. The van der Waals surface area contributed by atoms with Gasteiger partial charge in [0, 0.05) is 28.2 Å². The summed E-state index contributed by atoms with van der Waals surface area (Å²) in [4.78, 5) is 31.8. The number of aromatic hydroxyl groups is 1. The van der Waals surface area contributed by atoms with Crippen molar-refractivity contribution in [3.8, 4) is 5.75 Å². The van der Waals surface area contributed by atoms with Gasteiger partial charge >= 0.3 is 0 Å². The number of phenolic OH excluding ortho intramolecular Hbond substituents is 1. The number of nitrogens with one attached hydrogen (secondary N) is 2. The van der Waals surface area contributed by atoms with E-state index in [1.165, 1.54) is 4.90 Å². The molecule has 0 saturated heterocycles. The van der Waals surface area contributed by atoms with Gasteiger partial charge in [-0.3, -0.25) is 19.8 Å². The Kier molecular flexibility index (Phi) is 7.19. The van der Waals surface area contributed by atoms with Gasteiger partial charge in [0.15, 0.2) is 29.1 Å². The van der Waals surface area contributed by atoms with Crippen molar-refractivity contribution in [2.24, 2.45) is 25.4 Å². The molecule has 2 heterocycles. The summed E-state index contributed by atoms with van der Waals surface area (Å²) in [5.41, 5.74) is 0.195. The van der Waals surface area contributed by atoms with Crippen LogP contribution >= 0.6 is 0 Å². The number of hydrogen-bond donors (Lipinski definition) is 3. The summed E-state index contributed by atoms with van der Waals surface area (Å²) in [6.07, 6.45) is 1.61. The van der Waals surface area contributed by atoms with Gasteiger partial charge in [-0.05, 0) is 29.7 Å². The molecule has 10 heteroatoms. The predicted octanol–water partition coefficient (Wildman–Crippen LogP) is 3.34. The second-order valence-corrected chi connectivity index (χ2v) is 8.99. The minimum absolute atomic E-state index is 0.168. The fourth-order valence-corrected chi connectivity index (χ4v) is 3.38. The lowest BCUT2D eigenvalue weighted by Gasteiger charge is -2.28. The number of carbonyl (C=O) groups is 1. The Hall–Kier alpha value is -3.95. The third-order valence-corrected chi connectivity index (χ3v) is 5.14. The highest BCUT2D eigenvalue weighted by atomic mass is 16.3. The van der Waals surface area contributed by atoms with E-state index in [-0.39, 0.29) is 28.7 Å². The molecule has 180 valence electrons. The van der Waals surface area contributed by atoms with Gasteiger partial charge in [0.25, 0.3) is 5.91 Å². The number of para-hydroxylation sites is 1. The first-order valence-corrected chi connectivity index (χ1v) is 10.8. The SMILES string of the molecule is CN=C1N=C(Nc2cccc(C(=O)N(C)C)c2O)C(=N[C@@H](c2ccco2)C(C)(C)C)NC1=NC. The maximum absolute atomic E-state index is 12.5. The van der Waals surface area contributed by atoms with Crippen LogP contribution in [0.5, 0.6) is 5.75 Å². The fraction of sp³-hybridized carbons (Fsp3) is 0.375. The van der Waals surface area contributed by atoms with Crippen LogP contribution in [0.4, 0.5) is 5.69 Å². The van der Waals surface area contributed by atoms with Crippen molar-refractivity contribution in [2.45, 2.75) is 26.8 Å². The smallest absolute Gasteiger partial charge is 0.257 e. The topological polar surface area (TPSA) is 127 Å². The molecular weight excluding hydrogens is 434 g/mol. The minimum Gasteiger partial charge on any atom is -0.505 e. The number of phenols is 1. The van der Waals surface area contributed by atoms with E-state index >= 15 is 0 Å². The van der Waals surface area contributed by atoms with Crippen molar-refractivity contribution in [2.75, 3.05) is 33.5 Å². The van der Waals surface area contributed by atoms with E-state index in [1.807, 2.05) is 12.1 Å². The third kappa shape index (κ3) is 5.16. The molecule has 10 nitrogen and oxygen atoms in total. The van der Waals surface area contributed by atoms with Crippen LogP contribution in [-0.4, -0.2) is 67.4 Å². The molecule has 1 aliphatic rings. The Bertz CT molecular complexity index is 1170. The highest BCUT2D eigenvalue weighted by molar-refractivity contribution is 6.59. The first kappa shape index (κ1) is 24.7. The van der Waals surface area contributed by atoms with E-state index in [2.05, 4.69) is 46.4 Å². The number of rotatable bonds is 4. The van der Waals surface area contributed by atoms with E-state index < -0.39 is 0 Å². The highest BCUT2D eigenvalue weighted by Crippen LogP contribution is 2.37. The van der Waals surface area contributed by atoms with Gasteiger partial charge in [-0.1, -0.05) is 26.8 Å². The van der Waals surface area contributed by atoms with E-state index in [9.17, 15) is 9.90 Å². The van der Waals surface area contributed by atoms with E-state index in [4.69, 9.17) is 9.41 Å². The van der Waals surface area contributed by atoms with Crippen LogP contribution in [0.25, 0.3) is 0 Å². The molecule has 1 amide bonds. The zero-order chi connectivity index (χ0) is 25.0. The van der Waals surface area contributed by atoms with Crippen LogP contribution in [0.2, 0.25) is 0 Å². The van der Waals surface area contributed by atoms with E-state index in [1.54, 1.807) is 52.7 Å². The summed E-state index contributed by atoms with van der Waals surface area (Å²) in [7, 11) is 6.49. The van der Waals surface area contributed by atoms with Crippen molar-refractivity contribution in [3.05, 3.63) is 47.9 Å². The van der Waals surface area contributed by atoms with Crippen molar-refractivity contribution in [1.29, 1.82) is 0 Å². The number of amidine groups is 4. The predicted molar refractivity (Wildman–Crippen MR) is 135 cm³/mol. The second-order valence-electron chi connectivity index (χ2n) is 8.99. The molecule has 1 aromatic heterocycles. The van der Waals surface area contributed by atoms with E-state index in [0.717, 1.165) is 0 Å². The number of anilines is 1. The maximum Gasteiger partial charge on any atom is 0.257 e. The van der Waals surface area contributed by atoms with Crippen molar-refractivity contribution in [3.63, 3.8) is 0 Å². The summed E-state index contributed by atoms with van der Waals surface area (Å²) < 4.78 is 5.67. The maximum atomic E-state index is 12.5. The minimum atomic E-state index is -0.342. The molecule has 3 rings (SSSR count). The Morgan fingerprint density at radius 1 is 1.15 bits per heavy atom. The number of hydrogen-bond acceptors (Lipinski definition) is 7. The third-order valence-electron chi connectivity index (χ3n) is 5.14. The first-order chi connectivity index (χ1) is 16.1. The van der Waals surface area contributed by atoms with Crippen molar-refractivity contribution < 1.29 is 14.3 Å². The highest BCUT2D eigenvalue weighted by Gasteiger charge is 2.32. The monoisotopic (exact) mass is 465 g/mol. The van der Waals surface area contributed by atoms with E-state index in [0.29, 0.717) is 34.8 Å². The van der Waals surface area contributed by atoms with Crippen LogP contribution < -0.4 is 10.6 Å². The number of furan rings is 1. The summed E-state index contributed by atoms with van der Waals surface area (Å²) >= 11 is 0. The lowest BCUT2D eigenvalue weighted by Crippen LogP contribution is -2.48. The molecule has 1 aliphatic heterocycles. The average Bonchev–Trinajstić information content (AvgIpc) is 3.32. The van der Waals surface area contributed by atoms with Crippen molar-refractivity contribution >= 4 is 34.9 Å². The summed E-state index contributed by atoms with van der Waals surface area (Å²) in [5.74, 6) is 1.74. The van der Waals surface area contributed by atoms with Gasteiger partial charge in [-0.2, -0.15) is 0 Å². The average molecular weight is 466 g/mol. The Labute approximate surface area is 199 Å². The zero-order valence-corrected chi connectivity index (χ0v) is 20.5. The summed E-state index contributed by atoms with van der Waals surface area (Å²) in [6, 6.07) is 8.25. The van der Waals surface area contributed by atoms with Crippen LogP contribution in [0.15, 0.2) is 61.0 Å². The largest absolute Gasteiger partial charge is 0.505 e. The Balaban J connectivity index is 2.11. The van der Waals surface area contributed by atoms with Gasteiger partial charge in [0.1, 0.15) is 11.8 Å². The molecule has 0 unspecified atom stereocenters. The van der Waals surface area contributed by atoms with Crippen LogP contribution in [0.3, 0.4) is 0 Å². The summed E-state index contributed by atoms with van der Waals surface area (Å²) in [5, 5.41) is 17.1. The quantitative estimate of drug-likeness (QED) is 0.597. The molecule has 3 N–H and O–H groups in total. The fourth-order valence-electron chi connectivity index (χ4n) is 3.38. The standard InChI is InChI=1S/C24H31N7O3/c1-24(2,3)18(16-12-9-13-34-16)28-22-21(29-19(25-4)20(26-5)30-22)27-15-11-8-10-14(17(15)32)23(33)31(6)7/h8-13,18,32H,1-7H3,(H,25,27,29)(H,26,28,30)/t18-/m0/s1. The number of aliphatic imine (C=N–C) groups is 4. The molecule has 0 radical (unpaired) electrons. The van der Waals surface area contributed by atoms with Gasteiger partial charge < -0.3 is 25.1 Å². The molecule has 0 saturated carbocycles. The molecule has 0 bridgehead atoms. The van der Waals surface area contributed by atoms with Gasteiger partial charge in [0.2, 0.25) is 0 Å². The van der Waals surface area contributed by atoms with Crippen molar-refractivity contribution in [1.82, 2.24) is 10.2 Å². The second kappa shape index (κ2) is 9.90. The molecule has 0 fully saturated rings. The molecule has 0 aliphatic carbocycles. The Morgan fingerprint density at radius 2 is 1.88 bits per heavy atom. The lowest BCUT2D eigenvalue weighted by molar-refractivity contribution is 0.0824. The van der Waals surface area contributed by atoms with Crippen LogP contribution in [-0.2, 0) is 0 Å². The Morgan fingerprint density at radius 3 is 2.44 bits per heavy atom.